The second-order valence-corrected chi connectivity index (χ2v) is 4.19. The van der Waals surface area contributed by atoms with Gasteiger partial charge < -0.3 is 9.88 Å². The Morgan fingerprint density at radius 1 is 1.50 bits per heavy atom. The number of hydrogen-bond donors (Lipinski definition) is 1. The van der Waals surface area contributed by atoms with Crippen LogP contribution in [0.2, 0.25) is 0 Å². The van der Waals surface area contributed by atoms with Crippen LogP contribution < -0.4 is 5.32 Å². The summed E-state index contributed by atoms with van der Waals surface area (Å²) >= 11 is 0. The second-order valence-electron chi connectivity index (χ2n) is 4.19. The summed E-state index contributed by atoms with van der Waals surface area (Å²) in [5, 5.41) is 3.52. The summed E-state index contributed by atoms with van der Waals surface area (Å²) < 4.78 is 2.24. The summed E-state index contributed by atoms with van der Waals surface area (Å²) in [5.41, 5.74) is 2.46. The van der Waals surface area contributed by atoms with E-state index in [0.717, 1.165) is 24.8 Å². The maximum atomic E-state index is 4.28. The van der Waals surface area contributed by atoms with E-state index < -0.39 is 0 Å². The molecule has 0 saturated heterocycles. The van der Waals surface area contributed by atoms with Crippen molar-refractivity contribution in [3.63, 3.8) is 0 Å². The lowest BCUT2D eigenvalue weighted by Gasteiger charge is -2.05. The van der Waals surface area contributed by atoms with Crippen LogP contribution in [0, 0.1) is 13.8 Å². The fraction of sp³-hybridized carbons (Fsp3) is 0.727. The number of aromatic nitrogens is 2. The van der Waals surface area contributed by atoms with Crippen molar-refractivity contribution in [2.75, 3.05) is 6.54 Å². The highest BCUT2D eigenvalue weighted by Gasteiger charge is 2.19. The molecule has 78 valence electrons. The lowest BCUT2D eigenvalue weighted by atomic mass is 10.3. The predicted molar refractivity (Wildman–Crippen MR) is 57.3 cm³/mol. The average Bonchev–Trinajstić information content (AvgIpc) is 2.94. The van der Waals surface area contributed by atoms with Crippen molar-refractivity contribution in [2.24, 2.45) is 0 Å². The summed E-state index contributed by atoms with van der Waals surface area (Å²) in [6.07, 6.45) is 5.90. The Morgan fingerprint density at radius 3 is 2.86 bits per heavy atom. The molecule has 2 rings (SSSR count). The number of aryl methyl sites for hydroxylation is 2. The summed E-state index contributed by atoms with van der Waals surface area (Å²) in [7, 11) is 0. The highest BCUT2D eigenvalue weighted by molar-refractivity contribution is 5.08. The number of hydrogen-bond acceptors (Lipinski definition) is 2. The Labute approximate surface area is 85.5 Å². The molecule has 0 bridgehead atoms. The van der Waals surface area contributed by atoms with Crippen LogP contribution in [0.1, 0.15) is 30.7 Å². The van der Waals surface area contributed by atoms with Gasteiger partial charge in [-0.1, -0.05) is 0 Å². The molecule has 0 radical (unpaired) electrons. The van der Waals surface area contributed by atoms with Gasteiger partial charge in [-0.15, -0.1) is 0 Å². The minimum Gasteiger partial charge on any atom is -0.335 e. The van der Waals surface area contributed by atoms with Crippen LogP contribution >= 0.6 is 0 Å². The summed E-state index contributed by atoms with van der Waals surface area (Å²) in [6, 6.07) is 0.834. The Bertz CT molecular complexity index is 299. The van der Waals surface area contributed by atoms with Gasteiger partial charge in [-0.05, 0) is 39.7 Å². The van der Waals surface area contributed by atoms with E-state index in [-0.39, 0.29) is 0 Å². The van der Waals surface area contributed by atoms with E-state index in [2.05, 4.69) is 28.7 Å². The van der Waals surface area contributed by atoms with Gasteiger partial charge in [0.05, 0.1) is 12.0 Å². The number of nitrogens with zero attached hydrogens (tertiary/aromatic N) is 2. The van der Waals surface area contributed by atoms with Crippen molar-refractivity contribution in [1.82, 2.24) is 14.9 Å². The van der Waals surface area contributed by atoms with Gasteiger partial charge in [0.2, 0.25) is 0 Å². The van der Waals surface area contributed by atoms with E-state index in [1.165, 1.54) is 25.0 Å². The van der Waals surface area contributed by atoms with Crippen LogP contribution in [-0.2, 0) is 6.54 Å². The third-order valence-corrected chi connectivity index (χ3v) is 2.93. The van der Waals surface area contributed by atoms with Crippen LogP contribution in [0.15, 0.2) is 6.33 Å². The third kappa shape index (κ3) is 2.35. The lowest BCUT2D eigenvalue weighted by molar-refractivity contribution is 0.572. The zero-order valence-corrected chi connectivity index (χ0v) is 9.08. The van der Waals surface area contributed by atoms with Crippen molar-refractivity contribution >= 4 is 0 Å². The Hall–Kier alpha value is -0.830. The van der Waals surface area contributed by atoms with Gasteiger partial charge in [-0.3, -0.25) is 0 Å². The third-order valence-electron chi connectivity index (χ3n) is 2.93. The van der Waals surface area contributed by atoms with Gasteiger partial charge in [0, 0.05) is 18.3 Å². The highest BCUT2D eigenvalue weighted by Crippen LogP contribution is 2.18. The first kappa shape index (κ1) is 9.71. The van der Waals surface area contributed by atoms with E-state index >= 15 is 0 Å². The molecular weight excluding hydrogens is 174 g/mol. The summed E-state index contributed by atoms with van der Waals surface area (Å²) in [4.78, 5) is 4.28. The monoisotopic (exact) mass is 193 g/mol. The SMILES string of the molecule is Cc1ncn(CCCNC2CC2)c1C. The van der Waals surface area contributed by atoms with Gasteiger partial charge in [-0.2, -0.15) is 0 Å². The van der Waals surface area contributed by atoms with E-state index in [1.54, 1.807) is 0 Å². The number of nitrogens with one attached hydrogen (secondary N) is 1. The smallest absolute Gasteiger partial charge is 0.0951 e. The fourth-order valence-corrected chi connectivity index (χ4v) is 1.61. The Kier molecular flexibility index (Phi) is 2.87. The van der Waals surface area contributed by atoms with Crippen LogP contribution in [0.25, 0.3) is 0 Å². The minimum atomic E-state index is 0.834. The second kappa shape index (κ2) is 4.13. The molecule has 0 aliphatic heterocycles. The summed E-state index contributed by atoms with van der Waals surface area (Å²) in [5.74, 6) is 0. The first-order valence-electron chi connectivity index (χ1n) is 5.49. The van der Waals surface area contributed by atoms with Crippen LogP contribution in [0.4, 0.5) is 0 Å². The van der Waals surface area contributed by atoms with Gasteiger partial charge in [0.15, 0.2) is 0 Å². The van der Waals surface area contributed by atoms with Crippen molar-refractivity contribution in [2.45, 2.75) is 45.7 Å². The molecule has 1 fully saturated rings. The standard InChI is InChI=1S/C11H19N3/c1-9-10(2)14(8-13-9)7-3-6-12-11-4-5-11/h8,11-12H,3-7H2,1-2H3. The average molecular weight is 193 g/mol. The van der Waals surface area contributed by atoms with E-state index in [9.17, 15) is 0 Å². The molecule has 1 aliphatic carbocycles. The summed E-state index contributed by atoms with van der Waals surface area (Å²) in [6.45, 7) is 6.43. The van der Waals surface area contributed by atoms with Gasteiger partial charge in [0.1, 0.15) is 0 Å². The minimum absolute atomic E-state index is 0.834. The molecule has 1 N–H and O–H groups in total. The largest absolute Gasteiger partial charge is 0.335 e. The molecule has 1 saturated carbocycles. The maximum absolute atomic E-state index is 4.28. The predicted octanol–water partition coefficient (Wildman–Crippen LogP) is 1.64. The van der Waals surface area contributed by atoms with Gasteiger partial charge in [-0.25, -0.2) is 4.98 Å². The van der Waals surface area contributed by atoms with Crippen molar-refractivity contribution in [3.05, 3.63) is 17.7 Å². The molecule has 0 spiro atoms. The topological polar surface area (TPSA) is 29.9 Å². The highest BCUT2D eigenvalue weighted by atomic mass is 15.1. The maximum Gasteiger partial charge on any atom is 0.0951 e. The van der Waals surface area contributed by atoms with Crippen molar-refractivity contribution in [3.8, 4) is 0 Å². The number of rotatable bonds is 5. The molecule has 1 aromatic heterocycles. The molecule has 3 nitrogen and oxygen atoms in total. The zero-order valence-electron chi connectivity index (χ0n) is 9.08. The first-order valence-corrected chi connectivity index (χ1v) is 5.49. The van der Waals surface area contributed by atoms with E-state index in [0.29, 0.717) is 0 Å². The molecule has 1 aliphatic rings. The molecule has 3 heteroatoms. The lowest BCUT2D eigenvalue weighted by Crippen LogP contribution is -2.19. The quantitative estimate of drug-likeness (QED) is 0.720. The van der Waals surface area contributed by atoms with Gasteiger partial charge in [0.25, 0.3) is 0 Å². The molecule has 14 heavy (non-hydrogen) atoms. The normalized spacial score (nSPS) is 16.1. The molecule has 0 atom stereocenters. The molecule has 1 aromatic rings. The van der Waals surface area contributed by atoms with E-state index in [4.69, 9.17) is 0 Å². The zero-order chi connectivity index (χ0) is 9.97. The van der Waals surface area contributed by atoms with E-state index in [1.807, 2.05) is 6.33 Å². The molecular formula is C11H19N3. The molecule has 1 heterocycles. The van der Waals surface area contributed by atoms with Crippen LogP contribution in [-0.4, -0.2) is 22.1 Å². The first-order chi connectivity index (χ1) is 6.77. The number of imidazole rings is 1. The van der Waals surface area contributed by atoms with Crippen LogP contribution in [0.5, 0.6) is 0 Å². The van der Waals surface area contributed by atoms with Crippen LogP contribution in [0.3, 0.4) is 0 Å². The van der Waals surface area contributed by atoms with Crippen molar-refractivity contribution in [1.29, 1.82) is 0 Å². The molecule has 0 amide bonds. The molecule has 0 unspecified atom stereocenters. The molecule has 0 aromatic carbocycles. The Morgan fingerprint density at radius 2 is 2.29 bits per heavy atom. The van der Waals surface area contributed by atoms with Crippen molar-refractivity contribution < 1.29 is 0 Å². The van der Waals surface area contributed by atoms with Gasteiger partial charge >= 0.3 is 0 Å². The fourth-order valence-electron chi connectivity index (χ4n) is 1.61. The Balaban J connectivity index is 1.71.